The molecule has 1 fully saturated rings. The van der Waals surface area contributed by atoms with Crippen LogP contribution >= 0.6 is 11.8 Å². The molecular weight excluding hydrogens is 348 g/mol. The molecule has 0 spiro atoms. The molecule has 0 saturated carbocycles. The van der Waals surface area contributed by atoms with E-state index in [2.05, 4.69) is 10.6 Å². The minimum atomic E-state index is -0.556. The summed E-state index contributed by atoms with van der Waals surface area (Å²) in [5.74, 6) is 2.05. The summed E-state index contributed by atoms with van der Waals surface area (Å²) in [6.45, 7) is 0. The van der Waals surface area contributed by atoms with Crippen molar-refractivity contribution < 1.29 is 14.3 Å². The molecule has 0 bridgehead atoms. The van der Waals surface area contributed by atoms with Gasteiger partial charge in [-0.05, 0) is 48.3 Å². The Morgan fingerprint density at radius 1 is 0.923 bits per heavy atom. The maximum Gasteiger partial charge on any atom is 0.243 e. The van der Waals surface area contributed by atoms with E-state index >= 15 is 0 Å². The van der Waals surface area contributed by atoms with Crippen LogP contribution in [0.5, 0.6) is 11.5 Å². The highest BCUT2D eigenvalue weighted by molar-refractivity contribution is 7.98. The molecule has 2 N–H and O–H groups in total. The molecule has 1 saturated heterocycles. The van der Waals surface area contributed by atoms with Crippen molar-refractivity contribution in [1.29, 1.82) is 0 Å². The van der Waals surface area contributed by atoms with Gasteiger partial charge in [0.05, 0.1) is 0 Å². The number of thioether (sulfide) groups is 1. The molecule has 2 aromatic rings. The van der Waals surface area contributed by atoms with Crippen molar-refractivity contribution in [3.8, 4) is 11.5 Å². The number of carbonyl (C=O) groups excluding carboxylic acids is 2. The third-order valence-corrected chi connectivity index (χ3v) is 4.84. The number of hydrogen-bond acceptors (Lipinski definition) is 4. The van der Waals surface area contributed by atoms with Gasteiger partial charge in [0, 0.05) is 6.42 Å². The SMILES string of the molecule is CSCC[C@@H]1NC(=O)C(Cc2cccc(Oc3ccccc3)c2)NC1=O. The molecule has 1 unspecified atom stereocenters. The monoisotopic (exact) mass is 370 g/mol. The molecule has 1 aliphatic heterocycles. The predicted molar refractivity (Wildman–Crippen MR) is 104 cm³/mol. The summed E-state index contributed by atoms with van der Waals surface area (Å²) in [6.07, 6.45) is 3.06. The summed E-state index contributed by atoms with van der Waals surface area (Å²) in [6, 6.07) is 16.1. The number of piperazine rings is 1. The zero-order valence-corrected chi connectivity index (χ0v) is 15.4. The second-order valence-electron chi connectivity index (χ2n) is 6.17. The molecule has 1 aliphatic rings. The molecule has 0 aliphatic carbocycles. The van der Waals surface area contributed by atoms with Crippen LogP contribution in [0.3, 0.4) is 0 Å². The lowest BCUT2D eigenvalue weighted by Crippen LogP contribution is -2.62. The topological polar surface area (TPSA) is 67.4 Å². The van der Waals surface area contributed by atoms with E-state index in [1.165, 1.54) is 0 Å². The Bertz CT molecular complexity index is 767. The van der Waals surface area contributed by atoms with Crippen molar-refractivity contribution in [1.82, 2.24) is 10.6 Å². The lowest BCUT2D eigenvalue weighted by molar-refractivity contribution is -0.136. The summed E-state index contributed by atoms with van der Waals surface area (Å²) in [4.78, 5) is 24.5. The zero-order chi connectivity index (χ0) is 18.4. The molecule has 3 rings (SSSR count). The van der Waals surface area contributed by atoms with Crippen molar-refractivity contribution in [3.63, 3.8) is 0 Å². The van der Waals surface area contributed by atoms with E-state index in [1.54, 1.807) is 11.8 Å². The average Bonchev–Trinajstić information content (AvgIpc) is 2.64. The number of amides is 2. The van der Waals surface area contributed by atoms with E-state index in [9.17, 15) is 9.59 Å². The smallest absolute Gasteiger partial charge is 0.243 e. The summed E-state index contributed by atoms with van der Waals surface area (Å²) in [5, 5.41) is 5.67. The largest absolute Gasteiger partial charge is 0.457 e. The lowest BCUT2D eigenvalue weighted by atomic mass is 10.0. The highest BCUT2D eigenvalue weighted by atomic mass is 32.2. The first kappa shape index (κ1) is 18.3. The van der Waals surface area contributed by atoms with E-state index in [0.29, 0.717) is 18.6 Å². The number of para-hydroxylation sites is 1. The van der Waals surface area contributed by atoms with Crippen LogP contribution in [-0.2, 0) is 16.0 Å². The van der Waals surface area contributed by atoms with Crippen molar-refractivity contribution in [2.24, 2.45) is 0 Å². The lowest BCUT2D eigenvalue weighted by Gasteiger charge is -2.29. The van der Waals surface area contributed by atoms with Crippen LogP contribution < -0.4 is 15.4 Å². The summed E-state index contributed by atoms with van der Waals surface area (Å²) < 4.78 is 5.83. The summed E-state index contributed by atoms with van der Waals surface area (Å²) in [7, 11) is 0. The number of carbonyl (C=O) groups is 2. The van der Waals surface area contributed by atoms with Crippen LogP contribution in [-0.4, -0.2) is 35.9 Å². The van der Waals surface area contributed by atoms with Gasteiger partial charge < -0.3 is 15.4 Å². The normalized spacial score (nSPS) is 19.6. The van der Waals surface area contributed by atoms with E-state index < -0.39 is 12.1 Å². The van der Waals surface area contributed by atoms with Gasteiger partial charge in [0.15, 0.2) is 0 Å². The fourth-order valence-electron chi connectivity index (χ4n) is 2.85. The minimum Gasteiger partial charge on any atom is -0.457 e. The zero-order valence-electron chi connectivity index (χ0n) is 14.6. The Morgan fingerprint density at radius 2 is 1.62 bits per heavy atom. The number of benzene rings is 2. The number of rotatable bonds is 7. The van der Waals surface area contributed by atoms with Crippen molar-refractivity contribution >= 4 is 23.6 Å². The Balaban J connectivity index is 1.63. The molecule has 1 heterocycles. The first-order valence-electron chi connectivity index (χ1n) is 8.57. The fourth-order valence-corrected chi connectivity index (χ4v) is 3.33. The van der Waals surface area contributed by atoms with Crippen molar-refractivity contribution in [3.05, 3.63) is 60.2 Å². The van der Waals surface area contributed by atoms with Gasteiger partial charge in [-0.15, -0.1) is 0 Å². The Hall–Kier alpha value is -2.47. The van der Waals surface area contributed by atoms with Crippen molar-refractivity contribution in [2.45, 2.75) is 24.9 Å². The number of ether oxygens (including phenoxy) is 1. The van der Waals surface area contributed by atoms with Crippen LogP contribution in [0.15, 0.2) is 54.6 Å². The van der Waals surface area contributed by atoms with Crippen molar-refractivity contribution in [2.75, 3.05) is 12.0 Å². The van der Waals surface area contributed by atoms with E-state index in [0.717, 1.165) is 17.1 Å². The van der Waals surface area contributed by atoms with Gasteiger partial charge in [-0.1, -0.05) is 30.3 Å². The van der Waals surface area contributed by atoms with Crippen LogP contribution in [0.2, 0.25) is 0 Å². The predicted octanol–water partition coefficient (Wildman–Crippen LogP) is 2.76. The molecule has 136 valence electrons. The molecule has 0 radical (unpaired) electrons. The van der Waals surface area contributed by atoms with Gasteiger partial charge in [-0.25, -0.2) is 0 Å². The maximum absolute atomic E-state index is 12.3. The number of nitrogens with one attached hydrogen (secondary N) is 2. The molecule has 0 aromatic heterocycles. The minimum absolute atomic E-state index is 0.111. The molecular formula is C20H22N2O3S. The molecule has 5 nitrogen and oxygen atoms in total. The second-order valence-corrected chi connectivity index (χ2v) is 7.16. The highest BCUT2D eigenvalue weighted by Crippen LogP contribution is 2.22. The van der Waals surface area contributed by atoms with Gasteiger partial charge in [0.1, 0.15) is 23.6 Å². The van der Waals surface area contributed by atoms with E-state index in [4.69, 9.17) is 4.74 Å². The Kier molecular flexibility index (Phi) is 6.17. The van der Waals surface area contributed by atoms with Crippen LogP contribution in [0.1, 0.15) is 12.0 Å². The second kappa shape index (κ2) is 8.76. The quantitative estimate of drug-likeness (QED) is 0.786. The number of hydrogen-bond donors (Lipinski definition) is 2. The first-order valence-corrected chi connectivity index (χ1v) is 9.96. The summed E-state index contributed by atoms with van der Waals surface area (Å²) >= 11 is 1.66. The summed E-state index contributed by atoms with van der Waals surface area (Å²) in [5.41, 5.74) is 0.932. The molecule has 2 amide bonds. The molecule has 6 heteroatoms. The van der Waals surface area contributed by atoms with E-state index in [-0.39, 0.29) is 11.8 Å². The molecule has 2 aromatic carbocycles. The molecule has 2 atom stereocenters. The third-order valence-electron chi connectivity index (χ3n) is 4.19. The van der Waals surface area contributed by atoms with Gasteiger partial charge in [0.2, 0.25) is 11.8 Å². The third kappa shape index (κ3) is 4.79. The van der Waals surface area contributed by atoms with E-state index in [1.807, 2.05) is 60.9 Å². The van der Waals surface area contributed by atoms with Crippen LogP contribution in [0, 0.1) is 0 Å². The average molecular weight is 370 g/mol. The van der Waals surface area contributed by atoms with Crippen LogP contribution in [0.25, 0.3) is 0 Å². The van der Waals surface area contributed by atoms with Gasteiger partial charge in [-0.3, -0.25) is 9.59 Å². The Labute approximate surface area is 157 Å². The van der Waals surface area contributed by atoms with Gasteiger partial charge in [0.25, 0.3) is 0 Å². The Morgan fingerprint density at radius 3 is 2.38 bits per heavy atom. The standard InChI is InChI=1S/C20H22N2O3S/c1-26-11-10-17-19(23)22-18(20(24)21-17)13-14-6-5-9-16(12-14)25-15-7-3-2-4-8-15/h2-9,12,17-18H,10-11,13H2,1H3,(H,21,24)(H,22,23)/t17-,18?/m0/s1. The van der Waals surface area contributed by atoms with Crippen LogP contribution in [0.4, 0.5) is 0 Å². The van der Waals surface area contributed by atoms with Gasteiger partial charge >= 0.3 is 0 Å². The molecule has 26 heavy (non-hydrogen) atoms. The first-order chi connectivity index (χ1) is 12.7. The maximum atomic E-state index is 12.3. The fraction of sp³-hybridized carbons (Fsp3) is 0.300. The van der Waals surface area contributed by atoms with Gasteiger partial charge in [-0.2, -0.15) is 11.8 Å². The highest BCUT2D eigenvalue weighted by Gasteiger charge is 2.33.